The monoisotopic (exact) mass is 510 g/mol. The van der Waals surface area contributed by atoms with Crippen LogP contribution in [0.1, 0.15) is 27.2 Å². The number of urea groups is 1. The zero-order valence-electron chi connectivity index (χ0n) is 19.8. The van der Waals surface area contributed by atoms with Gasteiger partial charge in [-0.25, -0.2) is 9.59 Å². The molecule has 5 amide bonds. The molecule has 0 bridgehead atoms. The number of hydrogen-bond donors (Lipinski definition) is 3. The van der Waals surface area contributed by atoms with Crippen molar-refractivity contribution in [2.75, 3.05) is 32.8 Å². The lowest BCUT2D eigenvalue weighted by atomic mass is 9.79. The van der Waals surface area contributed by atoms with Crippen LogP contribution in [0.2, 0.25) is 0 Å². The summed E-state index contributed by atoms with van der Waals surface area (Å²) in [5.74, 6) is -4.07. The zero-order valence-corrected chi connectivity index (χ0v) is 20.6. The van der Waals surface area contributed by atoms with E-state index in [2.05, 4.69) is 5.32 Å². The number of aliphatic hydroxyl groups excluding tert-OH is 1. The highest BCUT2D eigenvalue weighted by Gasteiger charge is 2.60. The number of hydrogen-bond acceptors (Lipinski definition) is 8. The van der Waals surface area contributed by atoms with Crippen molar-refractivity contribution in [2.45, 2.75) is 50.7 Å². The van der Waals surface area contributed by atoms with Gasteiger partial charge >= 0.3 is 23.8 Å². The van der Waals surface area contributed by atoms with E-state index in [-0.39, 0.29) is 36.5 Å². The van der Waals surface area contributed by atoms with E-state index >= 15 is 0 Å². The Morgan fingerprint density at radius 2 is 1.94 bits per heavy atom. The number of aliphatic hydroxyl groups is 1. The largest absolute Gasteiger partial charge is 0.477 e. The Labute approximate surface area is 206 Å². The molecule has 4 rings (SSSR count). The van der Waals surface area contributed by atoms with E-state index in [1.54, 1.807) is 6.92 Å². The van der Waals surface area contributed by atoms with Gasteiger partial charge in [-0.05, 0) is 20.3 Å². The van der Waals surface area contributed by atoms with Crippen LogP contribution in [0.5, 0.6) is 0 Å². The minimum Gasteiger partial charge on any atom is -0.477 e. The van der Waals surface area contributed by atoms with Crippen molar-refractivity contribution < 1.29 is 38.9 Å². The van der Waals surface area contributed by atoms with Gasteiger partial charge in [-0.3, -0.25) is 19.3 Å². The molecule has 3 fully saturated rings. The molecule has 0 aromatic carbocycles. The third-order valence-electron chi connectivity index (χ3n) is 7.13. The summed E-state index contributed by atoms with van der Waals surface area (Å²) in [4.78, 5) is 65.6. The second-order valence-electron chi connectivity index (χ2n) is 9.15. The zero-order chi connectivity index (χ0) is 25.6. The number of fused-ring (bicyclic) bond motifs is 1. The van der Waals surface area contributed by atoms with E-state index in [9.17, 15) is 34.2 Å². The van der Waals surface area contributed by atoms with Gasteiger partial charge in [-0.15, -0.1) is 11.8 Å². The van der Waals surface area contributed by atoms with Gasteiger partial charge < -0.3 is 30.1 Å². The summed E-state index contributed by atoms with van der Waals surface area (Å²) in [5, 5.41) is 22.3. The number of carboxylic acid groups (broad SMARTS) is 1. The molecule has 6 atom stereocenters. The number of β-lactam (4-membered cyclic amide) rings is 1. The van der Waals surface area contributed by atoms with E-state index in [4.69, 9.17) is 4.74 Å². The molecular weight excluding hydrogens is 480 g/mol. The molecule has 4 aliphatic heterocycles. The smallest absolute Gasteiger partial charge is 0.353 e. The van der Waals surface area contributed by atoms with Crippen molar-refractivity contribution in [1.82, 2.24) is 20.0 Å². The highest BCUT2D eigenvalue weighted by Crippen LogP contribution is 2.52. The fraction of sp³-hybridized carbons (Fsp3) is 0.682. The number of carboxylic acids is 1. The number of rotatable bonds is 7. The summed E-state index contributed by atoms with van der Waals surface area (Å²) in [7, 11) is 0. The number of ether oxygens (including phenoxy) is 1. The van der Waals surface area contributed by atoms with Gasteiger partial charge in [-0.2, -0.15) is 0 Å². The summed E-state index contributed by atoms with van der Waals surface area (Å²) < 4.78 is 5.77. The summed E-state index contributed by atoms with van der Waals surface area (Å²) in [6, 6.07) is -1.07. The third-order valence-corrected chi connectivity index (χ3v) is 8.79. The number of likely N-dealkylation sites (N-methyl/N-ethyl adjacent to an activating group) is 1. The third kappa shape index (κ3) is 4.29. The fourth-order valence-corrected chi connectivity index (χ4v) is 6.77. The lowest BCUT2D eigenvalue weighted by molar-refractivity contribution is -0.163. The van der Waals surface area contributed by atoms with E-state index < -0.39 is 53.9 Å². The van der Waals surface area contributed by atoms with Crippen LogP contribution in [-0.2, 0) is 23.9 Å². The summed E-state index contributed by atoms with van der Waals surface area (Å²) >= 11 is 1.33. The molecule has 0 aliphatic carbocycles. The van der Waals surface area contributed by atoms with Crippen molar-refractivity contribution in [3.05, 3.63) is 10.6 Å². The van der Waals surface area contributed by atoms with E-state index in [1.165, 1.54) is 28.5 Å². The van der Waals surface area contributed by atoms with Gasteiger partial charge in [0.05, 0.1) is 24.2 Å². The van der Waals surface area contributed by atoms with Crippen molar-refractivity contribution >= 4 is 41.5 Å². The molecule has 12 nitrogen and oxygen atoms in total. The molecule has 0 aromatic rings. The van der Waals surface area contributed by atoms with Crippen LogP contribution >= 0.6 is 11.8 Å². The lowest BCUT2D eigenvalue weighted by Crippen LogP contribution is -2.63. The minimum atomic E-state index is -1.20. The Hall–Kier alpha value is -2.64. The summed E-state index contributed by atoms with van der Waals surface area (Å²) in [6.45, 7) is 6.41. The van der Waals surface area contributed by atoms with Crippen molar-refractivity contribution in [1.29, 1.82) is 0 Å². The van der Waals surface area contributed by atoms with Gasteiger partial charge in [-0.1, -0.05) is 6.92 Å². The molecule has 13 heteroatoms. The Morgan fingerprint density at radius 3 is 2.57 bits per heavy atom. The quantitative estimate of drug-likeness (QED) is 0.301. The first-order valence-corrected chi connectivity index (χ1v) is 12.6. The molecule has 4 heterocycles. The Morgan fingerprint density at radius 1 is 1.23 bits per heavy atom. The van der Waals surface area contributed by atoms with Gasteiger partial charge in [0.15, 0.2) is 0 Å². The highest BCUT2D eigenvalue weighted by atomic mass is 32.2. The highest BCUT2D eigenvalue weighted by molar-refractivity contribution is 8.03. The van der Waals surface area contributed by atoms with Crippen LogP contribution in [0, 0.1) is 11.8 Å². The second-order valence-corrected chi connectivity index (χ2v) is 10.4. The average molecular weight is 511 g/mol. The molecule has 0 radical (unpaired) electrons. The molecule has 0 saturated carbocycles. The standard InChI is InChI=1S/C22H30N4O8S/c1-4-24-6-7-25(20(30)19(24)29)22(33)23-9-12-13(5-8-34-12)35-17-10(2)15-14(11(3)27)18(28)26(15)16(17)21(31)32/h10-15,27H,4-9H2,1-3H3,(H,23,33)(H,31,32)/t10-,11-,12-,13-,14-,15-/m1/s1. The number of carbonyl (C=O) groups excluding carboxylic acids is 4. The molecule has 192 valence electrons. The van der Waals surface area contributed by atoms with Crippen LogP contribution in [0.15, 0.2) is 10.6 Å². The minimum absolute atomic E-state index is 0.0537. The molecule has 0 spiro atoms. The van der Waals surface area contributed by atoms with E-state index in [0.717, 1.165) is 4.90 Å². The van der Waals surface area contributed by atoms with Gasteiger partial charge in [0, 0.05) is 48.9 Å². The maximum Gasteiger partial charge on any atom is 0.353 e. The molecule has 3 N–H and O–H groups in total. The number of nitrogens with one attached hydrogen (secondary N) is 1. The lowest BCUT2D eigenvalue weighted by Gasteiger charge is -2.46. The first-order chi connectivity index (χ1) is 16.6. The van der Waals surface area contributed by atoms with Crippen LogP contribution in [0.4, 0.5) is 4.79 Å². The number of imide groups is 1. The summed E-state index contributed by atoms with van der Waals surface area (Å²) in [5.41, 5.74) is -0.0537. The first kappa shape index (κ1) is 25.5. The van der Waals surface area contributed by atoms with Crippen LogP contribution < -0.4 is 5.32 Å². The predicted molar refractivity (Wildman–Crippen MR) is 123 cm³/mol. The van der Waals surface area contributed by atoms with Crippen LogP contribution in [-0.4, -0.2) is 111 Å². The van der Waals surface area contributed by atoms with E-state index in [1.807, 2.05) is 6.92 Å². The molecule has 0 unspecified atom stereocenters. The maximum atomic E-state index is 12.6. The molecule has 0 aromatic heterocycles. The molecular formula is C22H30N4O8S. The topological polar surface area (TPSA) is 157 Å². The Bertz CT molecular complexity index is 985. The number of aliphatic carboxylic acids is 1. The number of amides is 5. The SMILES string of the molecule is CCN1CCN(C(=O)NC[C@H]2OCC[C@H]2SC2=C(C(=O)O)N3C(=O)[C@H]([C@@H](C)O)[C@H]3[C@H]2C)C(=O)C1=O. The normalized spacial score (nSPS) is 31.6. The van der Waals surface area contributed by atoms with Crippen molar-refractivity contribution in [2.24, 2.45) is 11.8 Å². The van der Waals surface area contributed by atoms with Crippen LogP contribution in [0.25, 0.3) is 0 Å². The number of nitrogens with zero attached hydrogens (tertiary/aromatic N) is 3. The predicted octanol–water partition coefficient (Wildman–Crippen LogP) is -0.569. The Balaban J connectivity index is 1.41. The molecule has 3 saturated heterocycles. The van der Waals surface area contributed by atoms with Crippen LogP contribution in [0.3, 0.4) is 0 Å². The number of piperazine rings is 1. The van der Waals surface area contributed by atoms with Crippen molar-refractivity contribution in [3.8, 4) is 0 Å². The fourth-order valence-electron chi connectivity index (χ4n) is 5.25. The molecule has 35 heavy (non-hydrogen) atoms. The second kappa shape index (κ2) is 9.78. The number of carbonyl (C=O) groups is 5. The Kier molecular flexibility index (Phi) is 7.11. The van der Waals surface area contributed by atoms with Crippen molar-refractivity contribution in [3.63, 3.8) is 0 Å². The average Bonchev–Trinajstić information content (AvgIpc) is 3.34. The number of thioether (sulfide) groups is 1. The molecule has 4 aliphatic rings. The van der Waals surface area contributed by atoms with Gasteiger partial charge in [0.2, 0.25) is 5.91 Å². The van der Waals surface area contributed by atoms with Gasteiger partial charge in [0.25, 0.3) is 0 Å². The van der Waals surface area contributed by atoms with Gasteiger partial charge in [0.1, 0.15) is 5.70 Å². The summed E-state index contributed by atoms with van der Waals surface area (Å²) in [6.07, 6.45) is -0.714. The maximum absolute atomic E-state index is 12.6. The van der Waals surface area contributed by atoms with E-state index in [0.29, 0.717) is 24.5 Å². The first-order valence-electron chi connectivity index (χ1n) is 11.7.